The number of benzene rings is 2. The fourth-order valence-electron chi connectivity index (χ4n) is 2.97. The van der Waals surface area contributed by atoms with Crippen LogP contribution >= 0.6 is 11.5 Å². The van der Waals surface area contributed by atoms with E-state index in [4.69, 9.17) is 0 Å². The predicted octanol–water partition coefficient (Wildman–Crippen LogP) is 2.45. The number of aromatic nitrogens is 3. The molecule has 0 unspecified atom stereocenters. The van der Waals surface area contributed by atoms with E-state index in [0.29, 0.717) is 16.8 Å². The average Bonchev–Trinajstić information content (AvgIpc) is 3.21. The molecule has 4 aromatic rings. The minimum absolute atomic E-state index is 0.0499. The molecule has 0 aliphatic carbocycles. The summed E-state index contributed by atoms with van der Waals surface area (Å²) in [5, 5.41) is 4.29. The van der Waals surface area contributed by atoms with Gasteiger partial charge in [0.2, 0.25) is 5.91 Å². The highest BCUT2D eigenvalue weighted by atomic mass is 32.1. The predicted molar refractivity (Wildman–Crippen MR) is 109 cm³/mol. The molecule has 2 heterocycles. The van der Waals surface area contributed by atoms with Crippen LogP contribution in [0.4, 0.5) is 10.1 Å². The molecule has 4 rings (SSSR count). The first kappa shape index (κ1) is 18.8. The Morgan fingerprint density at radius 2 is 1.76 bits per heavy atom. The van der Waals surface area contributed by atoms with E-state index in [1.54, 1.807) is 29.6 Å². The van der Waals surface area contributed by atoms with Gasteiger partial charge in [0.15, 0.2) is 5.52 Å². The second-order valence-corrected chi connectivity index (χ2v) is 6.98. The summed E-state index contributed by atoms with van der Waals surface area (Å²) in [5.74, 6) is -0.816. The molecule has 7 nitrogen and oxygen atoms in total. The standard InChI is InChI=1S/C20H15FN4O3S/c21-14-8-6-13(7-9-14)10-25-19(27)18-16(12-29-23-18)24(20(25)28)11-17(26)22-15-4-2-1-3-5-15/h1-9,12H,10-11H2,(H,22,26). The van der Waals surface area contributed by atoms with Crippen LogP contribution in [0.3, 0.4) is 0 Å². The number of hydrogen-bond acceptors (Lipinski definition) is 5. The molecule has 0 aliphatic rings. The van der Waals surface area contributed by atoms with Crippen LogP contribution in [0, 0.1) is 5.82 Å². The van der Waals surface area contributed by atoms with Crippen molar-refractivity contribution in [1.82, 2.24) is 13.5 Å². The number of rotatable bonds is 5. The Morgan fingerprint density at radius 1 is 1.03 bits per heavy atom. The van der Waals surface area contributed by atoms with Gasteiger partial charge in [-0.05, 0) is 41.4 Å². The monoisotopic (exact) mass is 410 g/mol. The Hall–Kier alpha value is -3.59. The maximum atomic E-state index is 13.1. The van der Waals surface area contributed by atoms with Crippen LogP contribution in [0.2, 0.25) is 0 Å². The zero-order valence-corrected chi connectivity index (χ0v) is 15.9. The summed E-state index contributed by atoms with van der Waals surface area (Å²) in [6, 6.07) is 14.4. The highest BCUT2D eigenvalue weighted by Crippen LogP contribution is 2.11. The van der Waals surface area contributed by atoms with Crippen LogP contribution < -0.4 is 16.6 Å². The number of nitrogens with one attached hydrogen (secondary N) is 1. The van der Waals surface area contributed by atoms with E-state index < -0.39 is 23.0 Å². The summed E-state index contributed by atoms with van der Waals surface area (Å²) in [5.41, 5.74) is 0.434. The van der Waals surface area contributed by atoms with Gasteiger partial charge in [-0.3, -0.25) is 18.7 Å². The Bertz CT molecular complexity index is 1290. The number of fused-ring (bicyclic) bond motifs is 1. The molecule has 9 heteroatoms. The maximum absolute atomic E-state index is 13.1. The number of para-hydroxylation sites is 1. The van der Waals surface area contributed by atoms with Crippen molar-refractivity contribution in [2.45, 2.75) is 13.1 Å². The number of hydrogen-bond donors (Lipinski definition) is 1. The first-order valence-corrected chi connectivity index (χ1v) is 9.53. The van der Waals surface area contributed by atoms with Gasteiger partial charge < -0.3 is 5.32 Å². The van der Waals surface area contributed by atoms with Gasteiger partial charge in [-0.15, -0.1) is 0 Å². The maximum Gasteiger partial charge on any atom is 0.332 e. The third-order valence-electron chi connectivity index (χ3n) is 4.36. The molecule has 0 fully saturated rings. The summed E-state index contributed by atoms with van der Waals surface area (Å²) < 4.78 is 19.5. The smallest absolute Gasteiger partial charge is 0.325 e. The molecule has 2 aromatic carbocycles. The van der Waals surface area contributed by atoms with E-state index in [0.717, 1.165) is 16.1 Å². The molecule has 29 heavy (non-hydrogen) atoms. The molecule has 0 bridgehead atoms. The van der Waals surface area contributed by atoms with Gasteiger partial charge in [-0.2, -0.15) is 4.37 Å². The third-order valence-corrected chi connectivity index (χ3v) is 4.98. The van der Waals surface area contributed by atoms with Crippen molar-refractivity contribution in [3.8, 4) is 0 Å². The lowest BCUT2D eigenvalue weighted by Gasteiger charge is -2.12. The van der Waals surface area contributed by atoms with E-state index in [2.05, 4.69) is 9.69 Å². The van der Waals surface area contributed by atoms with Crippen molar-refractivity contribution >= 4 is 34.2 Å². The van der Waals surface area contributed by atoms with Crippen molar-refractivity contribution in [1.29, 1.82) is 0 Å². The Kier molecular flexibility index (Phi) is 5.05. The minimum Gasteiger partial charge on any atom is -0.325 e. The molecule has 0 radical (unpaired) electrons. The SMILES string of the molecule is O=C(Cn1c(=O)n(Cc2ccc(F)cc2)c(=O)c2nscc21)Nc1ccccc1. The molecule has 0 atom stereocenters. The summed E-state index contributed by atoms with van der Waals surface area (Å²) in [6.07, 6.45) is 0. The highest BCUT2D eigenvalue weighted by molar-refractivity contribution is 7.04. The lowest BCUT2D eigenvalue weighted by Crippen LogP contribution is -2.41. The Labute approximate surface area is 167 Å². The van der Waals surface area contributed by atoms with Crippen molar-refractivity contribution in [2.24, 2.45) is 0 Å². The first-order valence-electron chi connectivity index (χ1n) is 8.70. The van der Waals surface area contributed by atoms with Gasteiger partial charge in [0.05, 0.1) is 12.1 Å². The fraction of sp³-hybridized carbons (Fsp3) is 0.100. The second-order valence-electron chi connectivity index (χ2n) is 6.35. The number of carbonyl (C=O) groups excluding carboxylic acids is 1. The highest BCUT2D eigenvalue weighted by Gasteiger charge is 2.17. The molecular weight excluding hydrogens is 395 g/mol. The van der Waals surface area contributed by atoms with E-state index in [9.17, 15) is 18.8 Å². The first-order chi connectivity index (χ1) is 14.0. The molecule has 0 spiro atoms. The molecular formula is C20H15FN4O3S. The minimum atomic E-state index is -0.629. The lowest BCUT2D eigenvalue weighted by atomic mass is 10.2. The van der Waals surface area contributed by atoms with Crippen LogP contribution in [0.1, 0.15) is 5.56 Å². The quantitative estimate of drug-likeness (QED) is 0.548. The largest absolute Gasteiger partial charge is 0.332 e. The van der Waals surface area contributed by atoms with Crippen LogP contribution in [0.25, 0.3) is 11.0 Å². The van der Waals surface area contributed by atoms with Gasteiger partial charge in [0.1, 0.15) is 12.4 Å². The van der Waals surface area contributed by atoms with E-state index >= 15 is 0 Å². The molecule has 1 amide bonds. The molecule has 0 saturated carbocycles. The summed E-state index contributed by atoms with van der Waals surface area (Å²) in [6.45, 7) is -0.321. The van der Waals surface area contributed by atoms with Crippen molar-refractivity contribution in [3.63, 3.8) is 0 Å². The van der Waals surface area contributed by atoms with Crippen molar-refractivity contribution < 1.29 is 9.18 Å². The zero-order chi connectivity index (χ0) is 20.4. The van der Waals surface area contributed by atoms with Crippen molar-refractivity contribution in [3.05, 3.63) is 92.2 Å². The molecule has 0 saturated heterocycles. The number of amides is 1. The van der Waals surface area contributed by atoms with Crippen LogP contribution in [-0.2, 0) is 17.9 Å². The number of anilines is 1. The Balaban J connectivity index is 1.72. The number of halogens is 1. The van der Waals surface area contributed by atoms with E-state index in [1.165, 1.54) is 28.8 Å². The number of nitrogens with zero attached hydrogens (tertiary/aromatic N) is 3. The van der Waals surface area contributed by atoms with E-state index in [-0.39, 0.29) is 18.6 Å². The van der Waals surface area contributed by atoms with E-state index in [1.807, 2.05) is 6.07 Å². The van der Waals surface area contributed by atoms with Crippen molar-refractivity contribution in [2.75, 3.05) is 5.32 Å². The van der Waals surface area contributed by atoms with Gasteiger partial charge in [-0.25, -0.2) is 9.18 Å². The van der Waals surface area contributed by atoms with Gasteiger partial charge in [0, 0.05) is 11.1 Å². The zero-order valence-electron chi connectivity index (χ0n) is 15.0. The van der Waals surface area contributed by atoms with Crippen LogP contribution in [0.5, 0.6) is 0 Å². The van der Waals surface area contributed by atoms with Gasteiger partial charge in [0.25, 0.3) is 5.56 Å². The summed E-state index contributed by atoms with van der Waals surface area (Å²) in [7, 11) is 0. The average molecular weight is 410 g/mol. The normalized spacial score (nSPS) is 10.9. The Morgan fingerprint density at radius 3 is 2.48 bits per heavy atom. The molecule has 1 N–H and O–H groups in total. The summed E-state index contributed by atoms with van der Waals surface area (Å²) in [4.78, 5) is 38.2. The fourth-order valence-corrected chi connectivity index (χ4v) is 3.63. The lowest BCUT2D eigenvalue weighted by molar-refractivity contribution is -0.116. The van der Waals surface area contributed by atoms with Crippen LogP contribution in [-0.4, -0.2) is 19.4 Å². The third kappa shape index (κ3) is 3.85. The second kappa shape index (κ2) is 7.80. The molecule has 2 aromatic heterocycles. The molecule has 0 aliphatic heterocycles. The molecule has 146 valence electrons. The van der Waals surface area contributed by atoms with Crippen LogP contribution in [0.15, 0.2) is 69.6 Å². The number of carbonyl (C=O) groups is 1. The van der Waals surface area contributed by atoms with Gasteiger partial charge in [-0.1, -0.05) is 30.3 Å². The van der Waals surface area contributed by atoms with Gasteiger partial charge >= 0.3 is 5.69 Å². The summed E-state index contributed by atoms with van der Waals surface area (Å²) >= 11 is 1.03. The topological polar surface area (TPSA) is 86.0 Å².